The van der Waals surface area contributed by atoms with Crippen LogP contribution in [-0.2, 0) is 14.6 Å². The fourth-order valence-corrected chi connectivity index (χ4v) is 7.29. The summed E-state index contributed by atoms with van der Waals surface area (Å²) >= 11 is 3.08. The number of nitrogens with zero attached hydrogens (tertiary/aromatic N) is 3. The molecular formula is C18H25N3O3S3. The zero-order chi connectivity index (χ0) is 19.8. The van der Waals surface area contributed by atoms with Gasteiger partial charge in [-0.15, -0.1) is 11.3 Å². The van der Waals surface area contributed by atoms with Crippen molar-refractivity contribution in [3.8, 4) is 0 Å². The molecule has 27 heavy (non-hydrogen) atoms. The number of carbonyl (C=O) groups is 1. The fourth-order valence-electron chi connectivity index (χ4n) is 3.40. The Bertz CT molecular complexity index is 969. The van der Waals surface area contributed by atoms with Gasteiger partial charge < -0.3 is 4.90 Å². The van der Waals surface area contributed by atoms with Crippen LogP contribution in [-0.4, -0.2) is 59.0 Å². The first-order valence-corrected chi connectivity index (χ1v) is 12.7. The van der Waals surface area contributed by atoms with Gasteiger partial charge in [0.2, 0.25) is 5.91 Å². The van der Waals surface area contributed by atoms with Gasteiger partial charge in [-0.25, -0.2) is 18.4 Å². The number of aryl methyl sites for hydroxylation is 3. The summed E-state index contributed by atoms with van der Waals surface area (Å²) in [5, 5.41) is 1.87. The maximum absolute atomic E-state index is 12.9. The lowest BCUT2D eigenvalue weighted by Crippen LogP contribution is -2.42. The highest BCUT2D eigenvalue weighted by molar-refractivity contribution is 8.00. The van der Waals surface area contributed by atoms with Crippen molar-refractivity contribution in [1.82, 2.24) is 14.9 Å². The molecule has 1 fully saturated rings. The van der Waals surface area contributed by atoms with E-state index in [1.165, 1.54) is 16.6 Å². The number of fused-ring (bicyclic) bond motifs is 1. The van der Waals surface area contributed by atoms with Crippen molar-refractivity contribution >= 4 is 49.1 Å². The van der Waals surface area contributed by atoms with Crippen molar-refractivity contribution in [2.75, 3.05) is 23.8 Å². The first kappa shape index (κ1) is 20.5. The maximum Gasteiger partial charge on any atom is 0.233 e. The zero-order valence-corrected chi connectivity index (χ0v) is 18.6. The molecule has 1 saturated heterocycles. The van der Waals surface area contributed by atoms with E-state index in [1.807, 2.05) is 13.8 Å². The molecule has 148 valence electrons. The number of thiophene rings is 1. The number of hydrogen-bond donors (Lipinski definition) is 0. The van der Waals surface area contributed by atoms with Crippen LogP contribution >= 0.6 is 23.1 Å². The lowest BCUT2D eigenvalue weighted by Gasteiger charge is -2.27. The number of amides is 1. The van der Waals surface area contributed by atoms with Gasteiger partial charge in [-0.05, 0) is 39.2 Å². The van der Waals surface area contributed by atoms with Gasteiger partial charge in [0.1, 0.15) is 15.7 Å². The SMILES string of the molecule is CCCN(C(=O)CSc1nc(C)nc2sc(C)c(C)c12)C1CCS(=O)(=O)C1. The van der Waals surface area contributed by atoms with E-state index >= 15 is 0 Å². The molecule has 0 aromatic carbocycles. The van der Waals surface area contributed by atoms with E-state index in [2.05, 4.69) is 23.8 Å². The summed E-state index contributed by atoms with van der Waals surface area (Å²) in [6.07, 6.45) is 1.35. The van der Waals surface area contributed by atoms with Crippen LogP contribution < -0.4 is 0 Å². The number of hydrogen-bond acceptors (Lipinski definition) is 7. The summed E-state index contributed by atoms with van der Waals surface area (Å²) in [6.45, 7) is 8.59. The van der Waals surface area contributed by atoms with Crippen molar-refractivity contribution in [1.29, 1.82) is 0 Å². The molecule has 2 aromatic rings. The van der Waals surface area contributed by atoms with Gasteiger partial charge in [0.25, 0.3) is 0 Å². The summed E-state index contributed by atoms with van der Waals surface area (Å²) in [7, 11) is -3.02. The molecule has 0 radical (unpaired) electrons. The second-order valence-corrected chi connectivity index (χ2v) is 11.4. The van der Waals surface area contributed by atoms with Crippen LogP contribution in [0, 0.1) is 20.8 Å². The van der Waals surface area contributed by atoms with Crippen LogP contribution in [0.4, 0.5) is 0 Å². The smallest absolute Gasteiger partial charge is 0.233 e. The molecule has 3 rings (SSSR count). The Hall–Kier alpha value is -1.19. The van der Waals surface area contributed by atoms with Crippen LogP contribution in [0.1, 0.15) is 36.0 Å². The standard InChI is InChI=1S/C18H25N3O3S3/c1-5-7-21(14-6-8-27(23,24)10-14)15(22)9-25-17-16-11(2)12(3)26-18(16)20-13(4)19-17/h14H,5-10H2,1-4H3. The lowest BCUT2D eigenvalue weighted by atomic mass is 10.2. The second-order valence-electron chi connectivity index (χ2n) is 6.97. The molecule has 0 N–H and O–H groups in total. The predicted molar refractivity (Wildman–Crippen MR) is 111 cm³/mol. The lowest BCUT2D eigenvalue weighted by molar-refractivity contribution is -0.130. The Kier molecular flexibility index (Phi) is 6.12. The van der Waals surface area contributed by atoms with Crippen LogP contribution in [0.25, 0.3) is 10.2 Å². The summed E-state index contributed by atoms with van der Waals surface area (Å²) in [5.41, 5.74) is 1.16. The number of carbonyl (C=O) groups excluding carboxylic acids is 1. The molecule has 1 aliphatic rings. The molecule has 0 saturated carbocycles. The van der Waals surface area contributed by atoms with Gasteiger partial charge in [-0.3, -0.25) is 4.79 Å². The largest absolute Gasteiger partial charge is 0.338 e. The van der Waals surface area contributed by atoms with E-state index < -0.39 is 9.84 Å². The average molecular weight is 428 g/mol. The number of rotatable bonds is 6. The van der Waals surface area contributed by atoms with E-state index in [0.29, 0.717) is 18.8 Å². The quantitative estimate of drug-likeness (QED) is 0.520. The maximum atomic E-state index is 12.9. The Labute approximate surface area is 168 Å². The first-order chi connectivity index (χ1) is 12.7. The highest BCUT2D eigenvalue weighted by Gasteiger charge is 2.34. The summed E-state index contributed by atoms with van der Waals surface area (Å²) < 4.78 is 23.6. The minimum Gasteiger partial charge on any atom is -0.338 e. The molecule has 0 bridgehead atoms. The van der Waals surface area contributed by atoms with E-state index in [9.17, 15) is 13.2 Å². The van der Waals surface area contributed by atoms with Gasteiger partial charge in [-0.1, -0.05) is 18.7 Å². The van der Waals surface area contributed by atoms with Crippen molar-refractivity contribution in [3.05, 3.63) is 16.3 Å². The topological polar surface area (TPSA) is 80.2 Å². The molecule has 1 unspecified atom stereocenters. The summed E-state index contributed by atoms with van der Waals surface area (Å²) in [4.78, 5) is 25.9. The van der Waals surface area contributed by atoms with Gasteiger partial charge in [0.05, 0.1) is 17.3 Å². The van der Waals surface area contributed by atoms with E-state index in [4.69, 9.17) is 0 Å². The minimum atomic E-state index is -3.02. The van der Waals surface area contributed by atoms with Crippen molar-refractivity contribution < 1.29 is 13.2 Å². The molecule has 2 aromatic heterocycles. The van der Waals surface area contributed by atoms with Crippen molar-refractivity contribution in [3.63, 3.8) is 0 Å². The van der Waals surface area contributed by atoms with Crippen molar-refractivity contribution in [2.24, 2.45) is 0 Å². The monoisotopic (exact) mass is 427 g/mol. The number of sulfone groups is 1. The van der Waals surface area contributed by atoms with Crippen LogP contribution in [0.15, 0.2) is 5.03 Å². The number of thioether (sulfide) groups is 1. The molecule has 0 spiro atoms. The molecule has 3 heterocycles. The summed E-state index contributed by atoms with van der Waals surface area (Å²) in [6, 6.07) is -0.194. The second kappa shape index (κ2) is 8.05. The fraction of sp³-hybridized carbons (Fsp3) is 0.611. The zero-order valence-electron chi connectivity index (χ0n) is 16.1. The van der Waals surface area contributed by atoms with Crippen LogP contribution in [0.2, 0.25) is 0 Å². The van der Waals surface area contributed by atoms with E-state index in [0.717, 1.165) is 27.2 Å². The first-order valence-electron chi connectivity index (χ1n) is 9.09. The molecular weight excluding hydrogens is 402 g/mol. The van der Waals surface area contributed by atoms with Crippen LogP contribution in [0.5, 0.6) is 0 Å². The Morgan fingerprint density at radius 3 is 2.67 bits per heavy atom. The minimum absolute atomic E-state index is 0.0158. The highest BCUT2D eigenvalue weighted by atomic mass is 32.2. The Balaban J connectivity index is 1.79. The summed E-state index contributed by atoms with van der Waals surface area (Å²) in [5.74, 6) is 1.21. The Morgan fingerprint density at radius 2 is 2.04 bits per heavy atom. The molecule has 6 nitrogen and oxygen atoms in total. The molecule has 9 heteroatoms. The normalized spacial score (nSPS) is 18.9. The number of aromatic nitrogens is 2. The molecule has 1 aliphatic heterocycles. The average Bonchev–Trinajstić information content (AvgIpc) is 3.09. The molecule has 1 atom stereocenters. The molecule has 1 amide bonds. The van der Waals surface area contributed by atoms with Gasteiger partial charge >= 0.3 is 0 Å². The van der Waals surface area contributed by atoms with Gasteiger partial charge in [-0.2, -0.15) is 0 Å². The third-order valence-electron chi connectivity index (χ3n) is 4.87. The van der Waals surface area contributed by atoms with Gasteiger partial charge in [0.15, 0.2) is 9.84 Å². The molecule has 0 aliphatic carbocycles. The Morgan fingerprint density at radius 1 is 1.30 bits per heavy atom. The third kappa shape index (κ3) is 4.46. The van der Waals surface area contributed by atoms with E-state index in [1.54, 1.807) is 16.2 Å². The van der Waals surface area contributed by atoms with Crippen LogP contribution in [0.3, 0.4) is 0 Å². The van der Waals surface area contributed by atoms with E-state index in [-0.39, 0.29) is 29.2 Å². The van der Waals surface area contributed by atoms with Crippen molar-refractivity contribution in [2.45, 2.75) is 51.6 Å². The highest BCUT2D eigenvalue weighted by Crippen LogP contribution is 2.35. The third-order valence-corrected chi connectivity index (χ3v) is 8.69. The predicted octanol–water partition coefficient (Wildman–Crippen LogP) is 3.13. The van der Waals surface area contributed by atoms with Gasteiger partial charge in [0, 0.05) is 22.8 Å².